The Hall–Kier alpha value is -3.83. The maximum absolute atomic E-state index is 13.9. The quantitative estimate of drug-likeness (QED) is 0.232. The normalized spacial score (nSPS) is 20.9. The summed E-state index contributed by atoms with van der Waals surface area (Å²) >= 11 is 0. The van der Waals surface area contributed by atoms with Crippen molar-refractivity contribution in [2.45, 2.75) is 56.1 Å². The van der Waals surface area contributed by atoms with E-state index in [2.05, 4.69) is 10.6 Å². The van der Waals surface area contributed by atoms with E-state index in [9.17, 15) is 23.1 Å². The number of amides is 3. The highest BCUT2D eigenvalue weighted by Gasteiger charge is 2.44. The second kappa shape index (κ2) is 16.3. The Balaban J connectivity index is 1.29. The number of sulfonamides is 1. The highest BCUT2D eigenvalue weighted by molar-refractivity contribution is 7.89. The van der Waals surface area contributed by atoms with Gasteiger partial charge in [-0.1, -0.05) is 26.0 Å². The molecule has 3 N–H and O–H groups in total. The van der Waals surface area contributed by atoms with Gasteiger partial charge in [-0.05, 0) is 48.6 Å². The molecule has 0 unspecified atom stereocenters. The van der Waals surface area contributed by atoms with Crippen molar-refractivity contribution in [2.24, 2.45) is 11.8 Å². The molecule has 0 radical (unpaired) electrons. The second-order valence-corrected chi connectivity index (χ2v) is 14.8. The molecule has 16 heteroatoms. The van der Waals surface area contributed by atoms with E-state index in [0.29, 0.717) is 36.8 Å². The summed E-state index contributed by atoms with van der Waals surface area (Å²) in [5.74, 6) is 1.20. The third-order valence-corrected chi connectivity index (χ3v) is 10.2. The van der Waals surface area contributed by atoms with Crippen molar-refractivity contribution in [1.82, 2.24) is 19.8 Å². The number of fused-ring (bicyclic) bond motifs is 2. The molecule has 3 amide bonds. The van der Waals surface area contributed by atoms with Crippen LogP contribution in [-0.2, 0) is 30.7 Å². The highest BCUT2D eigenvalue weighted by atomic mass is 32.2. The molecule has 5 atom stereocenters. The van der Waals surface area contributed by atoms with Crippen LogP contribution in [0.15, 0.2) is 47.4 Å². The number of hydrogen-bond acceptors (Lipinski definition) is 11. The monoisotopic (exact) mass is 706 g/mol. The predicted molar refractivity (Wildman–Crippen MR) is 176 cm³/mol. The van der Waals surface area contributed by atoms with Crippen LogP contribution in [0.2, 0.25) is 0 Å². The molecule has 0 saturated carbocycles. The smallest absolute Gasteiger partial charge is 0.407 e. The van der Waals surface area contributed by atoms with E-state index in [1.165, 1.54) is 21.3 Å². The number of aliphatic hydroxyl groups excluding tert-OH is 1. The van der Waals surface area contributed by atoms with Gasteiger partial charge >= 0.3 is 12.1 Å². The van der Waals surface area contributed by atoms with Crippen LogP contribution >= 0.6 is 0 Å². The average Bonchev–Trinajstić information content (AvgIpc) is 3.81. The van der Waals surface area contributed by atoms with Gasteiger partial charge in [-0.2, -0.15) is 4.31 Å². The molecule has 270 valence electrons. The Morgan fingerprint density at radius 3 is 2.53 bits per heavy atom. The third kappa shape index (κ3) is 9.45. The largest absolute Gasteiger partial charge is 0.492 e. The van der Waals surface area contributed by atoms with Gasteiger partial charge in [-0.25, -0.2) is 18.0 Å². The average molecular weight is 707 g/mol. The molecule has 3 aliphatic heterocycles. The molecule has 15 nitrogen and oxygen atoms in total. The summed E-state index contributed by atoms with van der Waals surface area (Å²) < 4.78 is 62.3. The Bertz CT molecular complexity index is 1540. The summed E-state index contributed by atoms with van der Waals surface area (Å²) in [5.41, 5.74) is 0.750. The van der Waals surface area contributed by atoms with Crippen LogP contribution in [0.1, 0.15) is 25.8 Å². The molecule has 3 aliphatic rings. The molecule has 2 aromatic carbocycles. The number of nitrogens with zero attached hydrogens (tertiary/aromatic N) is 2. The summed E-state index contributed by atoms with van der Waals surface area (Å²) in [5, 5.41) is 17.1. The number of carbonyl (C=O) groups is 2. The minimum Gasteiger partial charge on any atom is -0.492 e. The van der Waals surface area contributed by atoms with E-state index in [1.54, 1.807) is 44.4 Å². The molecule has 2 saturated heterocycles. The fraction of sp³-hybridized carbons (Fsp3) is 0.576. The lowest BCUT2D eigenvalue weighted by atomic mass is 10.0. The van der Waals surface area contributed by atoms with Crippen LogP contribution in [0, 0.1) is 11.8 Å². The fourth-order valence-electron chi connectivity index (χ4n) is 5.81. The Morgan fingerprint density at radius 2 is 1.80 bits per heavy atom. The van der Waals surface area contributed by atoms with Gasteiger partial charge < -0.3 is 49.1 Å². The fourth-order valence-corrected chi connectivity index (χ4v) is 7.45. The molecular formula is C33H46N4O11S. The topological polar surface area (TPSA) is 174 Å². The lowest BCUT2D eigenvalue weighted by Crippen LogP contribution is -2.51. The molecule has 49 heavy (non-hydrogen) atoms. The van der Waals surface area contributed by atoms with Crippen molar-refractivity contribution >= 4 is 22.1 Å². The van der Waals surface area contributed by atoms with Crippen LogP contribution < -0.4 is 24.8 Å². The summed E-state index contributed by atoms with van der Waals surface area (Å²) in [6.45, 7) is 4.88. The van der Waals surface area contributed by atoms with Crippen LogP contribution in [-0.4, -0.2) is 120 Å². The van der Waals surface area contributed by atoms with Crippen molar-refractivity contribution in [2.75, 3.05) is 60.3 Å². The second-order valence-electron chi connectivity index (χ2n) is 12.8. The molecule has 0 spiro atoms. The number of hydrogen-bond donors (Lipinski definition) is 3. The number of nitrogens with one attached hydrogen (secondary N) is 2. The van der Waals surface area contributed by atoms with E-state index in [-0.39, 0.29) is 62.3 Å². The van der Waals surface area contributed by atoms with Crippen LogP contribution in [0.5, 0.6) is 17.2 Å². The SMILES string of the molecule is CC(C)CN(C[C@@H](O)[C@H](Cc1ccc(OCCNC(=O)N(C)C)cc1)NC(=O)O[C@H]1CO[C@H]2OCC[C@H]21)S(=O)(=O)c1ccc2c(c1)OCO2. The molecule has 0 aromatic heterocycles. The molecule has 2 fully saturated rings. The zero-order valence-corrected chi connectivity index (χ0v) is 29.0. The minimum atomic E-state index is -4.09. The van der Waals surface area contributed by atoms with Gasteiger partial charge in [-0.15, -0.1) is 0 Å². The van der Waals surface area contributed by atoms with Gasteiger partial charge in [0.2, 0.25) is 16.8 Å². The lowest BCUT2D eigenvalue weighted by molar-refractivity contribution is -0.0907. The first kappa shape index (κ1) is 36.5. The van der Waals surface area contributed by atoms with Crippen molar-refractivity contribution in [1.29, 1.82) is 0 Å². The summed E-state index contributed by atoms with van der Waals surface area (Å²) in [6, 6.07) is 10.3. The third-order valence-electron chi connectivity index (χ3n) is 8.38. The van der Waals surface area contributed by atoms with Gasteiger partial charge in [-0.3, -0.25) is 0 Å². The van der Waals surface area contributed by atoms with E-state index in [0.717, 1.165) is 5.56 Å². The van der Waals surface area contributed by atoms with Gasteiger partial charge in [0.15, 0.2) is 17.8 Å². The van der Waals surface area contributed by atoms with Crippen LogP contribution in [0.3, 0.4) is 0 Å². The van der Waals surface area contributed by atoms with Gasteiger partial charge in [0.05, 0.1) is 42.7 Å². The van der Waals surface area contributed by atoms with E-state index >= 15 is 0 Å². The maximum atomic E-state index is 13.9. The number of rotatable bonds is 15. The Kier molecular flexibility index (Phi) is 12.1. The first-order valence-electron chi connectivity index (χ1n) is 16.4. The number of benzene rings is 2. The highest BCUT2D eigenvalue weighted by Crippen LogP contribution is 2.35. The van der Waals surface area contributed by atoms with Gasteiger partial charge in [0, 0.05) is 33.3 Å². The number of ether oxygens (including phenoxy) is 6. The molecule has 3 heterocycles. The van der Waals surface area contributed by atoms with Gasteiger partial charge in [0.1, 0.15) is 18.5 Å². The summed E-state index contributed by atoms with van der Waals surface area (Å²) in [4.78, 5) is 26.4. The number of aliphatic hydroxyl groups is 1. The van der Waals surface area contributed by atoms with Crippen molar-refractivity contribution < 1.29 is 51.5 Å². The Labute approximate surface area is 286 Å². The predicted octanol–water partition coefficient (Wildman–Crippen LogP) is 2.17. The summed E-state index contributed by atoms with van der Waals surface area (Å²) in [6.07, 6.45) is -2.13. The first-order chi connectivity index (χ1) is 23.4. The number of carbonyl (C=O) groups excluding carboxylic acids is 2. The van der Waals surface area contributed by atoms with Gasteiger partial charge in [0.25, 0.3) is 0 Å². The molecular weight excluding hydrogens is 660 g/mol. The number of alkyl carbamates (subject to hydrolysis) is 1. The molecule has 0 aliphatic carbocycles. The molecule has 0 bridgehead atoms. The Morgan fingerprint density at radius 1 is 1.04 bits per heavy atom. The molecule has 2 aromatic rings. The van der Waals surface area contributed by atoms with Crippen LogP contribution in [0.4, 0.5) is 9.59 Å². The lowest BCUT2D eigenvalue weighted by Gasteiger charge is -2.31. The maximum Gasteiger partial charge on any atom is 0.407 e. The van der Waals surface area contributed by atoms with E-state index in [1.807, 2.05) is 13.8 Å². The minimum absolute atomic E-state index is 0.0000386. The van der Waals surface area contributed by atoms with Crippen LogP contribution in [0.25, 0.3) is 0 Å². The van der Waals surface area contributed by atoms with E-state index < -0.39 is 40.7 Å². The van der Waals surface area contributed by atoms with Crippen molar-refractivity contribution in [3.63, 3.8) is 0 Å². The van der Waals surface area contributed by atoms with Crippen molar-refractivity contribution in [3.05, 3.63) is 48.0 Å². The standard InChI is InChI=1S/C33H46N4O11S/c1-21(2)17-37(49(41,42)24-9-10-28-29(16-24)47-20-46-28)18-27(38)26(35-33(40)48-30-19-45-31-25(30)11-13-44-31)15-22-5-7-23(8-6-22)43-14-12-34-32(39)36(3)4/h5-10,16,21,25-27,30-31,38H,11-15,17-20H2,1-4H3,(H,34,39)(H,35,40)/t25-,26-,27+,30-,31+/m0/s1. The van der Waals surface area contributed by atoms with E-state index in [4.69, 9.17) is 28.4 Å². The number of urea groups is 1. The van der Waals surface area contributed by atoms with Crippen molar-refractivity contribution in [3.8, 4) is 17.2 Å². The molecule has 5 rings (SSSR count). The first-order valence-corrected chi connectivity index (χ1v) is 17.8. The zero-order valence-electron chi connectivity index (χ0n) is 28.2. The summed E-state index contributed by atoms with van der Waals surface area (Å²) in [7, 11) is -0.786. The zero-order chi connectivity index (χ0) is 35.1.